The van der Waals surface area contributed by atoms with Gasteiger partial charge in [0.25, 0.3) is 0 Å². The molecule has 0 spiro atoms. The number of halogens is 1. The van der Waals surface area contributed by atoms with Crippen molar-refractivity contribution in [2.45, 2.75) is 31.7 Å². The van der Waals surface area contributed by atoms with E-state index in [0.717, 1.165) is 25.5 Å². The molecule has 0 saturated carbocycles. The normalized spacial score (nSPS) is 22.3. The molecule has 0 aromatic heterocycles. The van der Waals surface area contributed by atoms with E-state index < -0.39 is 17.3 Å². The first-order valence-corrected chi connectivity index (χ1v) is 6.52. The fraction of sp³-hybridized carbons (Fsp3) is 0.429. The number of aromatic carboxylic acids is 1. The second-order valence-electron chi connectivity index (χ2n) is 5.17. The molecule has 1 amide bonds. The Morgan fingerprint density at radius 1 is 1.40 bits per heavy atom. The van der Waals surface area contributed by atoms with Crippen molar-refractivity contribution in [3.63, 3.8) is 0 Å². The first-order chi connectivity index (χ1) is 9.42. The summed E-state index contributed by atoms with van der Waals surface area (Å²) in [5, 5.41) is 14.4. The Hall–Kier alpha value is -1.95. The van der Waals surface area contributed by atoms with Crippen LogP contribution in [0.15, 0.2) is 18.2 Å². The van der Waals surface area contributed by atoms with Crippen LogP contribution in [0.2, 0.25) is 0 Å². The summed E-state index contributed by atoms with van der Waals surface area (Å²) in [5.74, 6) is -2.26. The van der Waals surface area contributed by atoms with Crippen molar-refractivity contribution < 1.29 is 19.1 Å². The zero-order valence-corrected chi connectivity index (χ0v) is 11.2. The molecule has 1 unspecified atom stereocenters. The van der Waals surface area contributed by atoms with Gasteiger partial charge in [-0.15, -0.1) is 0 Å². The topological polar surface area (TPSA) is 78.4 Å². The second kappa shape index (κ2) is 5.58. The maximum atomic E-state index is 13.8. The molecule has 1 aromatic carbocycles. The van der Waals surface area contributed by atoms with E-state index >= 15 is 0 Å². The van der Waals surface area contributed by atoms with Gasteiger partial charge in [-0.2, -0.15) is 0 Å². The molecule has 3 N–H and O–H groups in total. The molecule has 1 aliphatic rings. The highest BCUT2D eigenvalue weighted by molar-refractivity contribution is 5.98. The van der Waals surface area contributed by atoms with Gasteiger partial charge in [-0.3, -0.25) is 4.79 Å². The van der Waals surface area contributed by atoms with Crippen LogP contribution in [0.25, 0.3) is 0 Å². The number of piperidine rings is 1. The Kier molecular flexibility index (Phi) is 4.04. The van der Waals surface area contributed by atoms with Gasteiger partial charge in [-0.25, -0.2) is 9.18 Å². The maximum absolute atomic E-state index is 13.8. The van der Waals surface area contributed by atoms with Crippen molar-refractivity contribution in [1.29, 1.82) is 0 Å². The number of amides is 1. The Balaban J connectivity index is 2.13. The second-order valence-corrected chi connectivity index (χ2v) is 5.17. The molecule has 1 atom stereocenters. The van der Waals surface area contributed by atoms with Gasteiger partial charge < -0.3 is 15.7 Å². The van der Waals surface area contributed by atoms with Gasteiger partial charge in [0.2, 0.25) is 5.91 Å². The van der Waals surface area contributed by atoms with E-state index in [-0.39, 0.29) is 17.2 Å². The molecule has 6 heteroatoms. The molecular formula is C14H17FN2O3. The van der Waals surface area contributed by atoms with Crippen LogP contribution in [-0.2, 0) is 4.79 Å². The monoisotopic (exact) mass is 280 g/mol. The zero-order valence-electron chi connectivity index (χ0n) is 11.2. The third-order valence-electron chi connectivity index (χ3n) is 3.58. The molecule has 1 fully saturated rings. The summed E-state index contributed by atoms with van der Waals surface area (Å²) in [5.41, 5.74) is -0.869. The van der Waals surface area contributed by atoms with Crippen LogP contribution in [0.4, 0.5) is 10.1 Å². The highest BCUT2D eigenvalue weighted by atomic mass is 19.1. The third-order valence-corrected chi connectivity index (χ3v) is 3.58. The minimum atomic E-state index is -1.21. The highest BCUT2D eigenvalue weighted by Crippen LogP contribution is 2.22. The van der Waals surface area contributed by atoms with Gasteiger partial charge in [0.1, 0.15) is 5.82 Å². The first kappa shape index (κ1) is 14.5. The Bertz CT molecular complexity index is 539. The van der Waals surface area contributed by atoms with Crippen LogP contribution in [0, 0.1) is 5.82 Å². The number of carboxylic acid groups (broad SMARTS) is 1. The molecule has 0 radical (unpaired) electrons. The van der Waals surface area contributed by atoms with E-state index in [4.69, 9.17) is 5.11 Å². The lowest BCUT2D eigenvalue weighted by molar-refractivity contribution is -0.122. The number of hydrogen-bond acceptors (Lipinski definition) is 3. The Labute approximate surface area is 116 Å². The van der Waals surface area contributed by atoms with Gasteiger partial charge in [0, 0.05) is 0 Å². The first-order valence-electron chi connectivity index (χ1n) is 6.52. The summed E-state index contributed by atoms with van der Waals surface area (Å²) in [4.78, 5) is 22.9. The molecule has 1 heterocycles. The van der Waals surface area contributed by atoms with Crippen molar-refractivity contribution in [3.8, 4) is 0 Å². The van der Waals surface area contributed by atoms with E-state index in [1.807, 2.05) is 0 Å². The summed E-state index contributed by atoms with van der Waals surface area (Å²) in [7, 11) is 0. The van der Waals surface area contributed by atoms with Gasteiger partial charge in [-0.05, 0) is 50.9 Å². The molecule has 1 saturated heterocycles. The summed E-state index contributed by atoms with van der Waals surface area (Å²) in [6.07, 6.45) is 2.65. The van der Waals surface area contributed by atoms with Crippen LogP contribution >= 0.6 is 0 Å². The van der Waals surface area contributed by atoms with Gasteiger partial charge in [0.15, 0.2) is 0 Å². The fourth-order valence-electron chi connectivity index (χ4n) is 2.26. The van der Waals surface area contributed by atoms with E-state index in [0.29, 0.717) is 6.42 Å². The average molecular weight is 280 g/mol. The molecule has 1 aromatic rings. The molecular weight excluding hydrogens is 263 g/mol. The fourth-order valence-corrected chi connectivity index (χ4v) is 2.26. The number of nitrogens with one attached hydrogen (secondary N) is 2. The van der Waals surface area contributed by atoms with Gasteiger partial charge in [0.05, 0.1) is 16.8 Å². The number of carboxylic acids is 1. The van der Waals surface area contributed by atoms with Crippen molar-refractivity contribution in [1.82, 2.24) is 5.32 Å². The van der Waals surface area contributed by atoms with E-state index in [9.17, 15) is 14.0 Å². The number of carbonyl (C=O) groups excluding carboxylic acids is 1. The maximum Gasteiger partial charge on any atom is 0.335 e. The SMILES string of the molecule is CC1(C(=O)Nc2ccc(C(=O)O)cc2F)CCCCN1. The molecule has 1 aliphatic heterocycles. The Morgan fingerprint density at radius 2 is 2.15 bits per heavy atom. The number of rotatable bonds is 3. The summed E-state index contributed by atoms with van der Waals surface area (Å²) in [6, 6.07) is 3.43. The lowest BCUT2D eigenvalue weighted by Crippen LogP contribution is -2.54. The molecule has 108 valence electrons. The quantitative estimate of drug-likeness (QED) is 0.791. The smallest absolute Gasteiger partial charge is 0.335 e. The summed E-state index contributed by atoms with van der Waals surface area (Å²) >= 11 is 0. The number of anilines is 1. The predicted octanol–water partition coefficient (Wildman–Crippen LogP) is 1.99. The number of hydrogen-bond donors (Lipinski definition) is 3. The van der Waals surface area contributed by atoms with E-state index in [2.05, 4.69) is 10.6 Å². The minimum absolute atomic E-state index is 0.00593. The van der Waals surface area contributed by atoms with Crippen LogP contribution in [0.1, 0.15) is 36.5 Å². The third kappa shape index (κ3) is 2.96. The zero-order chi connectivity index (χ0) is 14.8. The highest BCUT2D eigenvalue weighted by Gasteiger charge is 2.34. The van der Waals surface area contributed by atoms with Crippen molar-refractivity contribution in [3.05, 3.63) is 29.6 Å². The van der Waals surface area contributed by atoms with Crippen molar-refractivity contribution in [2.75, 3.05) is 11.9 Å². The number of benzene rings is 1. The minimum Gasteiger partial charge on any atom is -0.478 e. The predicted molar refractivity (Wildman–Crippen MR) is 72.2 cm³/mol. The van der Waals surface area contributed by atoms with Crippen LogP contribution in [0.3, 0.4) is 0 Å². The molecule has 5 nitrogen and oxygen atoms in total. The lowest BCUT2D eigenvalue weighted by atomic mass is 9.90. The molecule has 2 rings (SSSR count). The molecule has 0 aliphatic carbocycles. The standard InChI is InChI=1S/C14H17FN2O3/c1-14(6-2-3-7-16-14)13(20)17-11-5-4-9(12(18)19)8-10(11)15/h4-5,8,16H,2-3,6-7H2,1H3,(H,17,20)(H,18,19). The van der Waals surface area contributed by atoms with E-state index in [1.165, 1.54) is 12.1 Å². The van der Waals surface area contributed by atoms with Crippen LogP contribution in [-0.4, -0.2) is 29.1 Å². The largest absolute Gasteiger partial charge is 0.478 e. The van der Waals surface area contributed by atoms with Gasteiger partial charge >= 0.3 is 5.97 Å². The summed E-state index contributed by atoms with van der Waals surface area (Å²) in [6.45, 7) is 2.54. The van der Waals surface area contributed by atoms with Crippen molar-refractivity contribution >= 4 is 17.6 Å². The van der Waals surface area contributed by atoms with Gasteiger partial charge in [-0.1, -0.05) is 0 Å². The number of carbonyl (C=O) groups is 2. The average Bonchev–Trinajstić information content (AvgIpc) is 2.41. The van der Waals surface area contributed by atoms with Crippen LogP contribution < -0.4 is 10.6 Å². The Morgan fingerprint density at radius 3 is 2.70 bits per heavy atom. The molecule has 20 heavy (non-hydrogen) atoms. The van der Waals surface area contributed by atoms with Crippen LogP contribution in [0.5, 0.6) is 0 Å². The summed E-state index contributed by atoms with van der Waals surface area (Å²) < 4.78 is 13.8. The lowest BCUT2D eigenvalue weighted by Gasteiger charge is -2.33. The molecule has 0 bridgehead atoms. The van der Waals surface area contributed by atoms with E-state index in [1.54, 1.807) is 6.92 Å². The van der Waals surface area contributed by atoms with Crippen molar-refractivity contribution in [2.24, 2.45) is 0 Å².